The number of hydrogen-bond donors (Lipinski definition) is 2. The monoisotopic (exact) mass is 509 g/mol. The van der Waals surface area contributed by atoms with Gasteiger partial charge in [0.05, 0.1) is 12.2 Å². The van der Waals surface area contributed by atoms with Crippen LogP contribution in [0.3, 0.4) is 0 Å². The van der Waals surface area contributed by atoms with Gasteiger partial charge in [0.2, 0.25) is 5.91 Å². The second-order valence-corrected chi connectivity index (χ2v) is 9.08. The molecule has 0 radical (unpaired) electrons. The van der Waals surface area contributed by atoms with Crippen molar-refractivity contribution < 1.29 is 14.3 Å². The Hall–Kier alpha value is -3.39. The number of esters is 1. The number of nitrogens with one attached hydrogen (secondary N) is 2. The molecule has 0 aromatic rings. The maximum absolute atomic E-state index is 12.8. The van der Waals surface area contributed by atoms with Gasteiger partial charge in [-0.3, -0.25) is 14.7 Å². The van der Waals surface area contributed by atoms with Crippen LogP contribution in [0.1, 0.15) is 41.0 Å². The molecule has 1 unspecified atom stereocenters. The number of dihydropyridines is 1. The first-order valence-corrected chi connectivity index (χ1v) is 13.1. The Morgan fingerprint density at radius 1 is 1.19 bits per heavy atom. The highest BCUT2D eigenvalue weighted by Crippen LogP contribution is 2.32. The van der Waals surface area contributed by atoms with E-state index >= 15 is 0 Å². The topological polar surface area (TPSA) is 86.3 Å². The Morgan fingerprint density at radius 2 is 1.89 bits per heavy atom. The first kappa shape index (κ1) is 29.8. The zero-order valence-corrected chi connectivity index (χ0v) is 23.1. The third-order valence-electron chi connectivity index (χ3n) is 6.27. The van der Waals surface area contributed by atoms with Crippen molar-refractivity contribution in [1.29, 1.82) is 0 Å². The number of piperazine rings is 1. The second kappa shape index (κ2) is 15.0. The molecule has 2 heterocycles. The summed E-state index contributed by atoms with van der Waals surface area (Å²) in [6.45, 7) is 21.8. The highest BCUT2D eigenvalue weighted by atomic mass is 16.5. The van der Waals surface area contributed by atoms with Crippen LogP contribution in [0, 0.1) is 5.92 Å². The molecule has 0 aromatic heterocycles. The second-order valence-electron chi connectivity index (χ2n) is 9.08. The Labute approximate surface area is 222 Å². The third kappa shape index (κ3) is 8.32. The van der Waals surface area contributed by atoms with Crippen LogP contribution >= 0.6 is 0 Å². The van der Waals surface area contributed by atoms with Crippen molar-refractivity contribution in [3.05, 3.63) is 71.8 Å². The molecule has 1 fully saturated rings. The summed E-state index contributed by atoms with van der Waals surface area (Å²) in [5.74, 6) is 0.563. The van der Waals surface area contributed by atoms with Gasteiger partial charge in [-0.1, -0.05) is 57.4 Å². The average molecular weight is 510 g/mol. The number of carbonyl (C=O) groups is 2. The van der Waals surface area contributed by atoms with Crippen LogP contribution in [0.25, 0.3) is 0 Å². The first-order chi connectivity index (χ1) is 17.8. The zero-order valence-electron chi connectivity index (χ0n) is 23.1. The van der Waals surface area contributed by atoms with Crippen molar-refractivity contribution in [2.45, 2.75) is 41.0 Å². The molecule has 1 atom stereocenters. The molecule has 2 N–H and O–H groups in total. The molecular weight excluding hydrogens is 466 g/mol. The molecule has 2 rings (SSSR count). The van der Waals surface area contributed by atoms with E-state index in [1.54, 1.807) is 13.0 Å². The molecule has 8 heteroatoms. The minimum Gasteiger partial charge on any atom is -0.463 e. The fourth-order valence-corrected chi connectivity index (χ4v) is 4.51. The highest BCUT2D eigenvalue weighted by Gasteiger charge is 2.36. The Kier molecular flexibility index (Phi) is 12.1. The number of nitrogens with zero attached hydrogens (tertiary/aromatic N) is 3. The lowest BCUT2D eigenvalue weighted by atomic mass is 9.87. The van der Waals surface area contributed by atoms with Gasteiger partial charge in [0.1, 0.15) is 11.7 Å². The summed E-state index contributed by atoms with van der Waals surface area (Å²) in [5, 5.41) is 6.19. The summed E-state index contributed by atoms with van der Waals surface area (Å²) in [7, 11) is 0. The van der Waals surface area contributed by atoms with Crippen LogP contribution in [0.15, 0.2) is 76.8 Å². The Morgan fingerprint density at radius 3 is 2.46 bits per heavy atom. The van der Waals surface area contributed by atoms with E-state index in [1.165, 1.54) is 6.92 Å². The van der Waals surface area contributed by atoms with Crippen molar-refractivity contribution in [3.8, 4) is 0 Å². The van der Waals surface area contributed by atoms with Crippen molar-refractivity contribution >= 4 is 17.7 Å². The number of hydrogen-bond acceptors (Lipinski definition) is 6. The number of amidine groups is 1. The third-order valence-corrected chi connectivity index (χ3v) is 6.27. The standard InChI is InChI=1S/C29H43N5O3/c1-8-13-24(10-3)14-12-16-33-17-19-34(20-18-33)28(30-15-9-2)26-21(5)25(29(36)37-11-4)22(6)31-27(26)32-23(7)35/h8,10,12-14,21,31H,1,3,9,11,15-20H2,2,4-7H3,(H,32,35)/b14-12+,24-13+,30-28?. The fraction of sp³-hybridized carbons (Fsp3) is 0.483. The van der Waals surface area contributed by atoms with Gasteiger partial charge in [0.15, 0.2) is 0 Å². The maximum atomic E-state index is 12.8. The van der Waals surface area contributed by atoms with Gasteiger partial charge in [0.25, 0.3) is 0 Å². The van der Waals surface area contributed by atoms with Gasteiger partial charge in [-0.25, -0.2) is 4.79 Å². The van der Waals surface area contributed by atoms with E-state index in [-0.39, 0.29) is 17.8 Å². The molecule has 0 bridgehead atoms. The Balaban J connectivity index is 2.31. The maximum Gasteiger partial charge on any atom is 0.336 e. The molecule has 2 aliphatic rings. The SMILES string of the molecule is C=C/C=C(C=C)/C=C/CN1CCN(C(=NCCC)C2=C(NC(C)=O)NC(C)=C(C(=O)OCC)C2C)CC1. The molecule has 1 amide bonds. The minimum absolute atomic E-state index is 0.185. The lowest BCUT2D eigenvalue weighted by Gasteiger charge is -2.39. The lowest BCUT2D eigenvalue weighted by Crippen LogP contribution is -2.51. The predicted octanol–water partition coefficient (Wildman–Crippen LogP) is 3.69. The predicted molar refractivity (Wildman–Crippen MR) is 151 cm³/mol. The molecule has 1 saturated heterocycles. The quantitative estimate of drug-likeness (QED) is 0.191. The van der Waals surface area contributed by atoms with E-state index < -0.39 is 0 Å². The van der Waals surface area contributed by atoms with Gasteiger partial charge in [0, 0.05) is 63.4 Å². The van der Waals surface area contributed by atoms with Crippen LogP contribution in [0.5, 0.6) is 0 Å². The van der Waals surface area contributed by atoms with Crippen LogP contribution < -0.4 is 10.6 Å². The summed E-state index contributed by atoms with van der Waals surface area (Å²) < 4.78 is 5.36. The molecule has 202 valence electrons. The normalized spacial score (nSPS) is 19.7. The molecular formula is C29H43N5O3. The average Bonchev–Trinajstić information content (AvgIpc) is 2.85. The van der Waals surface area contributed by atoms with Gasteiger partial charge >= 0.3 is 5.97 Å². The summed E-state index contributed by atoms with van der Waals surface area (Å²) in [6.07, 6.45) is 10.6. The number of ether oxygens (including phenoxy) is 1. The minimum atomic E-state index is -0.352. The van der Waals surface area contributed by atoms with E-state index in [1.807, 2.05) is 26.0 Å². The fourth-order valence-electron chi connectivity index (χ4n) is 4.51. The summed E-state index contributed by atoms with van der Waals surface area (Å²) in [5.41, 5.74) is 3.08. The summed E-state index contributed by atoms with van der Waals surface area (Å²) in [4.78, 5) is 34.5. The molecule has 2 aliphatic heterocycles. The summed E-state index contributed by atoms with van der Waals surface area (Å²) >= 11 is 0. The van der Waals surface area contributed by atoms with Crippen LogP contribution in [0.4, 0.5) is 0 Å². The van der Waals surface area contributed by atoms with Crippen molar-refractivity contribution in [1.82, 2.24) is 20.4 Å². The zero-order chi connectivity index (χ0) is 27.4. The van der Waals surface area contributed by atoms with Gasteiger partial charge < -0.3 is 20.3 Å². The number of allylic oxidation sites excluding steroid dienone is 6. The number of carbonyl (C=O) groups excluding carboxylic acids is 2. The van der Waals surface area contributed by atoms with Crippen LogP contribution in [-0.2, 0) is 14.3 Å². The highest BCUT2D eigenvalue weighted by molar-refractivity contribution is 6.03. The van der Waals surface area contributed by atoms with E-state index in [2.05, 4.69) is 52.7 Å². The first-order valence-electron chi connectivity index (χ1n) is 13.1. The summed E-state index contributed by atoms with van der Waals surface area (Å²) in [6, 6.07) is 0. The van der Waals surface area contributed by atoms with Crippen LogP contribution in [-0.4, -0.2) is 73.4 Å². The number of rotatable bonds is 11. The van der Waals surface area contributed by atoms with Crippen molar-refractivity contribution in [3.63, 3.8) is 0 Å². The van der Waals surface area contributed by atoms with Gasteiger partial charge in [-0.05, 0) is 25.8 Å². The van der Waals surface area contributed by atoms with E-state index in [0.717, 1.165) is 56.1 Å². The molecule has 0 spiro atoms. The van der Waals surface area contributed by atoms with Crippen molar-refractivity contribution in [2.24, 2.45) is 10.9 Å². The number of amides is 1. The Bertz CT molecular complexity index is 1010. The molecule has 8 nitrogen and oxygen atoms in total. The van der Waals surface area contributed by atoms with Crippen LogP contribution in [0.2, 0.25) is 0 Å². The van der Waals surface area contributed by atoms with E-state index in [0.29, 0.717) is 30.2 Å². The molecule has 37 heavy (non-hydrogen) atoms. The van der Waals surface area contributed by atoms with E-state index in [9.17, 15) is 9.59 Å². The molecule has 0 aliphatic carbocycles. The molecule has 0 saturated carbocycles. The smallest absolute Gasteiger partial charge is 0.336 e. The largest absolute Gasteiger partial charge is 0.463 e. The molecule has 0 aromatic carbocycles. The van der Waals surface area contributed by atoms with Crippen molar-refractivity contribution in [2.75, 3.05) is 45.9 Å². The van der Waals surface area contributed by atoms with Gasteiger partial charge in [-0.2, -0.15) is 0 Å². The van der Waals surface area contributed by atoms with E-state index in [4.69, 9.17) is 9.73 Å². The number of aliphatic imine (C=N–C) groups is 1. The van der Waals surface area contributed by atoms with Gasteiger partial charge in [-0.15, -0.1) is 0 Å². The lowest BCUT2D eigenvalue weighted by molar-refractivity contribution is -0.139.